The second-order valence-corrected chi connectivity index (χ2v) is 4.24. The summed E-state index contributed by atoms with van der Waals surface area (Å²) >= 11 is 0. The standard InChI is InChI=1S/C10H18N2O2/c11-9-3-4-12(10(9)13)5-6-14-7-8-1-2-8/h8-9H,1-7,11H2. The number of likely N-dealkylation sites (tertiary alicyclic amines) is 1. The fraction of sp³-hybridized carbons (Fsp3) is 0.900. The molecule has 0 spiro atoms. The molecule has 0 aromatic heterocycles. The fourth-order valence-electron chi connectivity index (χ4n) is 1.69. The first-order chi connectivity index (χ1) is 6.77. The third kappa shape index (κ3) is 2.45. The van der Waals surface area contributed by atoms with Crippen LogP contribution in [-0.4, -0.2) is 43.2 Å². The van der Waals surface area contributed by atoms with Crippen LogP contribution in [0.4, 0.5) is 0 Å². The number of rotatable bonds is 5. The molecule has 1 atom stereocenters. The highest BCUT2D eigenvalue weighted by atomic mass is 16.5. The lowest BCUT2D eigenvalue weighted by atomic mass is 10.3. The molecule has 1 heterocycles. The van der Waals surface area contributed by atoms with Gasteiger partial charge >= 0.3 is 0 Å². The van der Waals surface area contributed by atoms with Crippen LogP contribution in [0.5, 0.6) is 0 Å². The van der Waals surface area contributed by atoms with Crippen molar-refractivity contribution in [2.75, 3.05) is 26.3 Å². The van der Waals surface area contributed by atoms with E-state index in [1.54, 1.807) is 4.90 Å². The van der Waals surface area contributed by atoms with Crippen LogP contribution in [0.2, 0.25) is 0 Å². The lowest BCUT2D eigenvalue weighted by Crippen LogP contribution is -2.35. The molecule has 1 saturated heterocycles. The summed E-state index contributed by atoms with van der Waals surface area (Å²) in [4.78, 5) is 13.2. The van der Waals surface area contributed by atoms with E-state index < -0.39 is 0 Å². The first kappa shape index (κ1) is 9.93. The van der Waals surface area contributed by atoms with Crippen LogP contribution in [0, 0.1) is 5.92 Å². The molecule has 0 bridgehead atoms. The lowest BCUT2D eigenvalue weighted by Gasteiger charge is -2.15. The second-order valence-electron chi connectivity index (χ2n) is 4.24. The Kier molecular flexibility index (Phi) is 3.03. The van der Waals surface area contributed by atoms with Gasteiger partial charge in [0.1, 0.15) is 0 Å². The molecule has 80 valence electrons. The van der Waals surface area contributed by atoms with Crippen molar-refractivity contribution in [1.82, 2.24) is 4.90 Å². The normalized spacial score (nSPS) is 27.4. The van der Waals surface area contributed by atoms with Gasteiger partial charge in [0.05, 0.1) is 12.6 Å². The summed E-state index contributed by atoms with van der Waals surface area (Å²) in [5, 5.41) is 0. The fourth-order valence-corrected chi connectivity index (χ4v) is 1.69. The molecule has 1 aliphatic carbocycles. The lowest BCUT2D eigenvalue weighted by molar-refractivity contribution is -0.129. The average molecular weight is 198 g/mol. The Morgan fingerprint density at radius 3 is 2.79 bits per heavy atom. The van der Waals surface area contributed by atoms with E-state index in [1.165, 1.54) is 12.8 Å². The molecule has 1 amide bonds. The number of hydrogen-bond acceptors (Lipinski definition) is 3. The molecule has 2 aliphatic rings. The summed E-state index contributed by atoms with van der Waals surface area (Å²) in [6, 6.07) is -0.265. The summed E-state index contributed by atoms with van der Waals surface area (Å²) in [6.45, 7) is 3.04. The maximum atomic E-state index is 11.4. The number of hydrogen-bond donors (Lipinski definition) is 1. The van der Waals surface area contributed by atoms with Crippen molar-refractivity contribution in [1.29, 1.82) is 0 Å². The summed E-state index contributed by atoms with van der Waals surface area (Å²) < 4.78 is 5.47. The Morgan fingerprint density at radius 1 is 1.43 bits per heavy atom. The first-order valence-corrected chi connectivity index (χ1v) is 5.39. The molecular formula is C10H18N2O2. The molecule has 0 radical (unpaired) electrons. The Labute approximate surface area is 84.4 Å². The van der Waals surface area contributed by atoms with Gasteiger partial charge in [-0.1, -0.05) is 0 Å². The minimum atomic E-state index is -0.265. The first-order valence-electron chi connectivity index (χ1n) is 5.39. The number of nitrogens with zero attached hydrogens (tertiary/aromatic N) is 1. The van der Waals surface area contributed by atoms with Crippen molar-refractivity contribution in [3.8, 4) is 0 Å². The molecule has 1 saturated carbocycles. The number of carbonyl (C=O) groups is 1. The summed E-state index contributed by atoms with van der Waals surface area (Å²) in [7, 11) is 0. The van der Waals surface area contributed by atoms with Gasteiger partial charge in [0, 0.05) is 19.7 Å². The maximum Gasteiger partial charge on any atom is 0.239 e. The topological polar surface area (TPSA) is 55.6 Å². The van der Waals surface area contributed by atoms with Gasteiger partial charge < -0.3 is 15.4 Å². The SMILES string of the molecule is NC1CCN(CCOCC2CC2)C1=O. The Balaban J connectivity index is 1.58. The Bertz CT molecular complexity index is 216. The van der Waals surface area contributed by atoms with Crippen molar-refractivity contribution < 1.29 is 9.53 Å². The van der Waals surface area contributed by atoms with Gasteiger partial charge in [-0.3, -0.25) is 4.79 Å². The molecule has 1 unspecified atom stereocenters. The smallest absolute Gasteiger partial charge is 0.239 e. The molecule has 0 aromatic carbocycles. The molecule has 1 aliphatic heterocycles. The monoisotopic (exact) mass is 198 g/mol. The van der Waals surface area contributed by atoms with Crippen LogP contribution in [0.1, 0.15) is 19.3 Å². The second kappa shape index (κ2) is 4.28. The van der Waals surface area contributed by atoms with Crippen LogP contribution < -0.4 is 5.73 Å². The molecule has 4 heteroatoms. The van der Waals surface area contributed by atoms with E-state index in [0.717, 1.165) is 25.5 Å². The molecule has 4 nitrogen and oxygen atoms in total. The highest BCUT2D eigenvalue weighted by molar-refractivity contribution is 5.83. The highest BCUT2D eigenvalue weighted by Gasteiger charge is 2.28. The number of amides is 1. The van der Waals surface area contributed by atoms with E-state index in [1.807, 2.05) is 0 Å². The van der Waals surface area contributed by atoms with Crippen LogP contribution in [0.15, 0.2) is 0 Å². The zero-order valence-electron chi connectivity index (χ0n) is 8.45. The van der Waals surface area contributed by atoms with Gasteiger partial charge in [0.2, 0.25) is 5.91 Å². The van der Waals surface area contributed by atoms with E-state index in [-0.39, 0.29) is 11.9 Å². The van der Waals surface area contributed by atoms with Gasteiger partial charge in [0.15, 0.2) is 0 Å². The zero-order valence-corrected chi connectivity index (χ0v) is 8.45. The third-order valence-corrected chi connectivity index (χ3v) is 2.89. The quantitative estimate of drug-likeness (QED) is 0.631. The third-order valence-electron chi connectivity index (χ3n) is 2.89. The van der Waals surface area contributed by atoms with Gasteiger partial charge in [-0.25, -0.2) is 0 Å². The van der Waals surface area contributed by atoms with Gasteiger partial charge in [-0.2, -0.15) is 0 Å². The van der Waals surface area contributed by atoms with Crippen LogP contribution in [0.25, 0.3) is 0 Å². The van der Waals surface area contributed by atoms with Crippen molar-refractivity contribution in [3.05, 3.63) is 0 Å². The van der Waals surface area contributed by atoms with E-state index in [9.17, 15) is 4.79 Å². The van der Waals surface area contributed by atoms with Gasteiger partial charge in [-0.05, 0) is 25.2 Å². The van der Waals surface area contributed by atoms with Crippen molar-refractivity contribution in [2.45, 2.75) is 25.3 Å². The Morgan fingerprint density at radius 2 is 2.21 bits per heavy atom. The Hall–Kier alpha value is -0.610. The molecule has 2 fully saturated rings. The zero-order chi connectivity index (χ0) is 9.97. The number of ether oxygens (including phenoxy) is 1. The van der Waals surface area contributed by atoms with E-state index in [0.29, 0.717) is 13.2 Å². The molecule has 2 N–H and O–H groups in total. The van der Waals surface area contributed by atoms with E-state index >= 15 is 0 Å². The molecule has 14 heavy (non-hydrogen) atoms. The average Bonchev–Trinajstić information content (AvgIpc) is 2.94. The van der Waals surface area contributed by atoms with Gasteiger partial charge in [0.25, 0.3) is 0 Å². The molecule has 0 aromatic rings. The van der Waals surface area contributed by atoms with Crippen molar-refractivity contribution in [2.24, 2.45) is 11.7 Å². The van der Waals surface area contributed by atoms with E-state index in [2.05, 4.69) is 0 Å². The summed E-state index contributed by atoms with van der Waals surface area (Å²) in [5.74, 6) is 0.881. The molecular weight excluding hydrogens is 180 g/mol. The predicted octanol–water partition coefficient (Wildman–Crippen LogP) is -0.0274. The van der Waals surface area contributed by atoms with E-state index in [4.69, 9.17) is 10.5 Å². The summed E-state index contributed by atoms with van der Waals surface area (Å²) in [6.07, 6.45) is 3.42. The minimum Gasteiger partial charge on any atom is -0.379 e. The largest absolute Gasteiger partial charge is 0.379 e. The van der Waals surface area contributed by atoms with Crippen molar-refractivity contribution in [3.63, 3.8) is 0 Å². The summed E-state index contributed by atoms with van der Waals surface area (Å²) in [5.41, 5.74) is 5.60. The highest BCUT2D eigenvalue weighted by Crippen LogP contribution is 2.28. The van der Waals surface area contributed by atoms with Crippen LogP contribution >= 0.6 is 0 Å². The molecule has 2 rings (SSSR count). The van der Waals surface area contributed by atoms with Crippen molar-refractivity contribution >= 4 is 5.91 Å². The van der Waals surface area contributed by atoms with Gasteiger partial charge in [-0.15, -0.1) is 0 Å². The van der Waals surface area contributed by atoms with Crippen LogP contribution in [0.3, 0.4) is 0 Å². The number of nitrogens with two attached hydrogens (primary N) is 1. The minimum absolute atomic E-state index is 0.0834. The predicted molar refractivity (Wildman–Crippen MR) is 52.7 cm³/mol. The number of carbonyl (C=O) groups excluding carboxylic acids is 1. The maximum absolute atomic E-state index is 11.4. The van der Waals surface area contributed by atoms with Crippen LogP contribution in [-0.2, 0) is 9.53 Å².